The highest BCUT2D eigenvalue weighted by atomic mass is 16.2. The Morgan fingerprint density at radius 2 is 1.38 bits per heavy atom. The van der Waals surface area contributed by atoms with Crippen molar-refractivity contribution in [3.05, 3.63) is 89.7 Å². The van der Waals surface area contributed by atoms with Crippen LogP contribution in [0.5, 0.6) is 0 Å². The lowest BCUT2D eigenvalue weighted by molar-refractivity contribution is -0.118. The van der Waals surface area contributed by atoms with Crippen molar-refractivity contribution in [3.63, 3.8) is 0 Å². The van der Waals surface area contributed by atoms with Crippen molar-refractivity contribution in [1.29, 1.82) is 0 Å². The summed E-state index contributed by atoms with van der Waals surface area (Å²) in [6.07, 6.45) is 15.3. The van der Waals surface area contributed by atoms with Gasteiger partial charge in [-0.05, 0) is 70.4 Å². The third-order valence-electron chi connectivity index (χ3n) is 5.88. The molecule has 1 atom stereocenters. The van der Waals surface area contributed by atoms with E-state index in [2.05, 4.69) is 64.3 Å². The zero-order chi connectivity index (χ0) is 28.2. The minimum atomic E-state index is -0.270. The van der Waals surface area contributed by atoms with Crippen LogP contribution in [0.25, 0.3) is 10.9 Å². The molecule has 3 heteroatoms. The van der Waals surface area contributed by atoms with Crippen LogP contribution < -0.4 is 5.32 Å². The van der Waals surface area contributed by atoms with Crippen molar-refractivity contribution >= 4 is 22.5 Å². The molecule has 0 bridgehead atoms. The molecule has 0 saturated carbocycles. The molecule has 3 rings (SSSR count). The first-order valence-electron chi connectivity index (χ1n) is 13.9. The lowest BCUT2D eigenvalue weighted by Crippen LogP contribution is -2.23. The minimum Gasteiger partial charge on any atom is -0.335 e. The average Bonchev–Trinajstić information content (AvgIpc) is 3.26. The van der Waals surface area contributed by atoms with E-state index in [0.717, 1.165) is 22.3 Å². The quantitative estimate of drug-likeness (QED) is 0.333. The van der Waals surface area contributed by atoms with E-state index >= 15 is 0 Å². The molecule has 3 aromatic rings. The van der Waals surface area contributed by atoms with E-state index in [1.165, 1.54) is 36.6 Å². The number of hydrogen-bond donors (Lipinski definition) is 1. The van der Waals surface area contributed by atoms with Crippen molar-refractivity contribution < 1.29 is 4.79 Å². The monoisotopic (exact) mass is 504 g/mol. The number of hydrogen-bond acceptors (Lipinski definition) is 1. The largest absolute Gasteiger partial charge is 0.335 e. The number of allylic oxidation sites excluding steroid dienone is 4. The summed E-state index contributed by atoms with van der Waals surface area (Å²) < 4.78 is 2.05. The molecule has 204 valence electrons. The number of nitrogens with one attached hydrogen (secondary N) is 1. The van der Waals surface area contributed by atoms with Crippen LogP contribution in [0, 0.1) is 20.8 Å². The number of unbranched alkanes of at least 4 members (excludes halogenated alkanes) is 2. The molecule has 1 amide bonds. The lowest BCUT2D eigenvalue weighted by atomic mass is 10.1. The summed E-state index contributed by atoms with van der Waals surface area (Å²) in [5, 5.41) is 4.26. The molecule has 3 nitrogen and oxygen atoms in total. The van der Waals surface area contributed by atoms with Gasteiger partial charge in [0.1, 0.15) is 6.04 Å². The fourth-order valence-electron chi connectivity index (χ4n) is 3.16. The number of aromatic nitrogens is 1. The molecule has 1 N–H and O–H groups in total. The van der Waals surface area contributed by atoms with Crippen LogP contribution >= 0.6 is 0 Å². The van der Waals surface area contributed by atoms with E-state index in [9.17, 15) is 4.79 Å². The third kappa shape index (κ3) is 12.6. The van der Waals surface area contributed by atoms with Gasteiger partial charge in [0.2, 0.25) is 5.91 Å². The van der Waals surface area contributed by atoms with Gasteiger partial charge in [-0.3, -0.25) is 4.79 Å². The summed E-state index contributed by atoms with van der Waals surface area (Å²) in [4.78, 5) is 12.7. The van der Waals surface area contributed by atoms with E-state index in [1.54, 1.807) is 0 Å². The molecule has 0 aliphatic rings. The summed E-state index contributed by atoms with van der Waals surface area (Å²) in [5.74, 6) is -0.000506. The van der Waals surface area contributed by atoms with Crippen LogP contribution in [0.2, 0.25) is 0 Å². The lowest BCUT2D eigenvalue weighted by Gasteiger charge is -2.17. The summed E-state index contributed by atoms with van der Waals surface area (Å²) in [7, 11) is 0. The number of nitrogens with zero attached hydrogens (tertiary/aromatic N) is 1. The summed E-state index contributed by atoms with van der Waals surface area (Å²) in [6.45, 7) is 20.8. The van der Waals surface area contributed by atoms with Crippen LogP contribution in [-0.2, 0) is 4.79 Å². The maximum Gasteiger partial charge on any atom is 0.247 e. The van der Waals surface area contributed by atoms with Gasteiger partial charge in [0.15, 0.2) is 0 Å². The summed E-state index contributed by atoms with van der Waals surface area (Å²) in [5.41, 5.74) is 5.38. The van der Waals surface area contributed by atoms with Crippen LogP contribution in [0.3, 0.4) is 0 Å². The second-order valence-electron chi connectivity index (χ2n) is 9.27. The topological polar surface area (TPSA) is 34.0 Å². The fraction of sp³-hybridized carbons (Fsp3) is 0.441. The van der Waals surface area contributed by atoms with Crippen molar-refractivity contribution in [2.45, 2.75) is 101 Å². The van der Waals surface area contributed by atoms with E-state index in [-0.39, 0.29) is 11.9 Å². The summed E-state index contributed by atoms with van der Waals surface area (Å²) >= 11 is 0. The van der Waals surface area contributed by atoms with Gasteiger partial charge in [0.25, 0.3) is 0 Å². The number of carbonyl (C=O) groups is 1. The summed E-state index contributed by atoms with van der Waals surface area (Å²) in [6, 6.07) is 14.0. The van der Waals surface area contributed by atoms with E-state index in [0.29, 0.717) is 0 Å². The van der Waals surface area contributed by atoms with Crippen molar-refractivity contribution in [1.82, 2.24) is 4.57 Å². The van der Waals surface area contributed by atoms with Gasteiger partial charge in [-0.2, -0.15) is 0 Å². The number of benzene rings is 2. The minimum absolute atomic E-state index is 0.000506. The van der Waals surface area contributed by atoms with Gasteiger partial charge in [0.05, 0.1) is 0 Å². The van der Waals surface area contributed by atoms with Gasteiger partial charge in [-0.25, -0.2) is 0 Å². The van der Waals surface area contributed by atoms with Gasteiger partial charge in [-0.1, -0.05) is 108 Å². The molecule has 1 aromatic heterocycles. The highest BCUT2D eigenvalue weighted by Crippen LogP contribution is 2.25. The molecular weight excluding hydrogens is 452 g/mol. The number of para-hydroxylation sites is 1. The highest BCUT2D eigenvalue weighted by Gasteiger charge is 2.18. The smallest absolute Gasteiger partial charge is 0.247 e. The Labute approximate surface area is 227 Å². The number of anilines is 1. The first-order valence-corrected chi connectivity index (χ1v) is 13.9. The van der Waals surface area contributed by atoms with Gasteiger partial charge < -0.3 is 9.88 Å². The Balaban J connectivity index is 0.000000766. The molecule has 0 radical (unpaired) electrons. The first kappa shape index (κ1) is 33.9. The molecule has 0 saturated heterocycles. The average molecular weight is 505 g/mol. The Bertz CT molecular complexity index is 1070. The second-order valence-corrected chi connectivity index (χ2v) is 9.27. The van der Waals surface area contributed by atoms with Crippen LogP contribution in [0.15, 0.2) is 73.0 Å². The number of amides is 1. The van der Waals surface area contributed by atoms with Crippen molar-refractivity contribution in [2.75, 3.05) is 5.32 Å². The predicted molar refractivity (Wildman–Crippen MR) is 167 cm³/mol. The fourth-order valence-corrected chi connectivity index (χ4v) is 3.16. The zero-order valence-electron chi connectivity index (χ0n) is 25.2. The SMILES string of the molecule is C/C=C\C=C/C.CCCC.CCCC.Cc1ccc(C)c(NC(=O)C(C)n2cc(C)c3ccccc32)c1. The highest BCUT2D eigenvalue weighted by molar-refractivity contribution is 5.96. The standard InChI is InChI=1S/C20H22N2O.C6H10.2C4H10/c1-13-9-10-14(2)18(11-13)21-20(23)16(4)22-12-15(3)17-7-5-6-8-19(17)22;1-3-5-6-4-2;2*1-3-4-2/h5-12,16H,1-4H3,(H,21,23);3-6H,1-2H3;2*3-4H2,1-2H3/b;5-3-,6-4-;;. The number of aryl methyl sites for hydroxylation is 3. The number of fused-ring (bicyclic) bond motifs is 1. The molecule has 0 aliphatic heterocycles. The predicted octanol–water partition coefficient (Wildman–Crippen LogP) is 10.5. The molecule has 0 spiro atoms. The Morgan fingerprint density at radius 1 is 0.838 bits per heavy atom. The molecule has 37 heavy (non-hydrogen) atoms. The van der Waals surface area contributed by atoms with Gasteiger partial charge >= 0.3 is 0 Å². The second kappa shape index (κ2) is 20.0. The number of rotatable bonds is 6. The Kier molecular flexibility index (Phi) is 18.4. The number of carbonyl (C=O) groups excluding carboxylic acids is 1. The van der Waals surface area contributed by atoms with Crippen molar-refractivity contribution in [3.8, 4) is 0 Å². The van der Waals surface area contributed by atoms with Crippen LogP contribution in [0.4, 0.5) is 5.69 Å². The van der Waals surface area contributed by atoms with E-state index in [1.807, 2.05) is 87.8 Å². The van der Waals surface area contributed by atoms with Crippen molar-refractivity contribution in [2.24, 2.45) is 0 Å². The Morgan fingerprint density at radius 3 is 1.89 bits per heavy atom. The molecule has 0 fully saturated rings. The molecule has 0 aliphatic carbocycles. The zero-order valence-corrected chi connectivity index (χ0v) is 25.2. The van der Waals surface area contributed by atoms with E-state index in [4.69, 9.17) is 0 Å². The van der Waals surface area contributed by atoms with Crippen LogP contribution in [-0.4, -0.2) is 10.5 Å². The molecule has 1 heterocycles. The Hall–Kier alpha value is -3.07. The maximum atomic E-state index is 12.7. The van der Waals surface area contributed by atoms with Gasteiger partial charge in [-0.15, -0.1) is 0 Å². The maximum absolute atomic E-state index is 12.7. The van der Waals surface area contributed by atoms with Crippen LogP contribution in [0.1, 0.15) is 96.9 Å². The molecular formula is C34H52N2O. The first-order chi connectivity index (χ1) is 17.7. The van der Waals surface area contributed by atoms with Gasteiger partial charge in [0, 0.05) is 22.8 Å². The molecule has 1 unspecified atom stereocenters. The molecule has 2 aromatic carbocycles. The normalized spacial score (nSPS) is 11.2. The van der Waals surface area contributed by atoms with E-state index < -0.39 is 0 Å². The third-order valence-corrected chi connectivity index (χ3v) is 5.88.